The van der Waals surface area contributed by atoms with Crippen LogP contribution in [0.5, 0.6) is 5.75 Å². The third-order valence-electron chi connectivity index (χ3n) is 4.99. The Morgan fingerprint density at radius 2 is 1.86 bits per heavy atom. The van der Waals surface area contributed by atoms with Crippen molar-refractivity contribution in [1.82, 2.24) is 4.98 Å². The van der Waals surface area contributed by atoms with Gasteiger partial charge in [-0.1, -0.05) is 0 Å². The topological polar surface area (TPSA) is 93.9 Å². The van der Waals surface area contributed by atoms with E-state index in [9.17, 15) is 10.1 Å². The molecule has 8 heteroatoms. The van der Waals surface area contributed by atoms with Crippen molar-refractivity contribution in [3.63, 3.8) is 0 Å². The zero-order chi connectivity index (χ0) is 20.2. The van der Waals surface area contributed by atoms with Gasteiger partial charge in [0, 0.05) is 19.3 Å². The fraction of sp³-hybridized carbons (Fsp3) is 0.381. The van der Waals surface area contributed by atoms with Gasteiger partial charge in [-0.2, -0.15) is 5.26 Å². The summed E-state index contributed by atoms with van der Waals surface area (Å²) in [6.07, 6.45) is 1.21. The van der Waals surface area contributed by atoms with E-state index in [2.05, 4.69) is 11.1 Å². The van der Waals surface area contributed by atoms with Gasteiger partial charge in [0.25, 0.3) is 0 Å². The van der Waals surface area contributed by atoms with Crippen molar-refractivity contribution in [1.29, 1.82) is 5.26 Å². The minimum absolute atomic E-state index is 0.112. The van der Waals surface area contributed by atoms with E-state index in [1.54, 1.807) is 42.6 Å². The van der Waals surface area contributed by atoms with Crippen molar-refractivity contribution in [2.75, 3.05) is 38.3 Å². The predicted molar refractivity (Wildman–Crippen MR) is 103 cm³/mol. The largest absolute Gasteiger partial charge is 0.486 e. The molecule has 1 aromatic heterocycles. The summed E-state index contributed by atoms with van der Waals surface area (Å²) in [6, 6.07) is 12.5. The number of methoxy groups -OCH3 is 1. The molecule has 0 radical (unpaired) electrons. The smallest absolute Gasteiger partial charge is 0.337 e. The summed E-state index contributed by atoms with van der Waals surface area (Å²) >= 11 is 0. The maximum absolute atomic E-state index is 11.5. The van der Waals surface area contributed by atoms with Crippen LogP contribution in [0.4, 0.5) is 5.82 Å². The van der Waals surface area contributed by atoms with E-state index in [0.717, 1.165) is 0 Å². The second-order valence-electron chi connectivity index (χ2n) is 6.89. The van der Waals surface area contributed by atoms with E-state index in [1.807, 2.05) is 4.90 Å². The molecule has 2 aliphatic heterocycles. The molecule has 29 heavy (non-hydrogen) atoms. The average molecular weight is 395 g/mol. The zero-order valence-electron chi connectivity index (χ0n) is 16.0. The number of rotatable bonds is 4. The number of aromatic nitrogens is 1. The lowest BCUT2D eigenvalue weighted by molar-refractivity contribution is -0.00461. The van der Waals surface area contributed by atoms with Crippen molar-refractivity contribution in [2.24, 2.45) is 0 Å². The van der Waals surface area contributed by atoms with Gasteiger partial charge in [0.2, 0.25) is 0 Å². The fourth-order valence-electron chi connectivity index (χ4n) is 3.53. The van der Waals surface area contributed by atoms with E-state index in [4.69, 9.17) is 18.9 Å². The molecule has 0 bridgehead atoms. The first-order valence-electron chi connectivity index (χ1n) is 9.36. The number of carbonyl (C=O) groups is 1. The molecule has 150 valence electrons. The van der Waals surface area contributed by atoms with Crippen LogP contribution in [-0.4, -0.2) is 62.7 Å². The molecule has 0 saturated carbocycles. The highest BCUT2D eigenvalue weighted by Gasteiger charge is 2.39. The van der Waals surface area contributed by atoms with Crippen LogP contribution in [0.15, 0.2) is 42.6 Å². The third kappa shape index (κ3) is 4.16. The number of pyridine rings is 1. The lowest BCUT2D eigenvalue weighted by Gasteiger charge is -2.20. The molecular formula is C21H21N3O5. The number of esters is 1. The van der Waals surface area contributed by atoms with Gasteiger partial charge in [0.1, 0.15) is 35.9 Å². The highest BCUT2D eigenvalue weighted by atomic mass is 16.6. The van der Waals surface area contributed by atoms with Gasteiger partial charge >= 0.3 is 5.97 Å². The number of carbonyl (C=O) groups excluding carboxylic acids is 1. The van der Waals surface area contributed by atoms with Gasteiger partial charge in [0.15, 0.2) is 0 Å². The molecule has 2 aliphatic rings. The molecule has 4 rings (SSSR count). The number of fused-ring (bicyclic) bond motifs is 1. The number of ether oxygens (including phenoxy) is 4. The maximum atomic E-state index is 11.5. The molecule has 3 heterocycles. The van der Waals surface area contributed by atoms with Gasteiger partial charge in [-0.3, -0.25) is 0 Å². The first kappa shape index (κ1) is 19.2. The summed E-state index contributed by atoms with van der Waals surface area (Å²) < 4.78 is 22.7. The maximum Gasteiger partial charge on any atom is 0.337 e. The summed E-state index contributed by atoms with van der Waals surface area (Å²) in [6.45, 7) is 2.00. The highest BCUT2D eigenvalue weighted by Crippen LogP contribution is 2.27. The van der Waals surface area contributed by atoms with Crippen LogP contribution in [0.2, 0.25) is 0 Å². The first-order chi connectivity index (χ1) is 14.2. The monoisotopic (exact) mass is 395 g/mol. The Morgan fingerprint density at radius 3 is 2.48 bits per heavy atom. The molecule has 0 spiro atoms. The molecule has 0 aliphatic carbocycles. The molecule has 0 N–H and O–H groups in total. The quantitative estimate of drug-likeness (QED) is 0.724. The Bertz CT molecular complexity index is 895. The average Bonchev–Trinajstić information content (AvgIpc) is 3.09. The molecule has 0 unspecified atom stereocenters. The van der Waals surface area contributed by atoms with Crippen LogP contribution >= 0.6 is 0 Å². The minimum Gasteiger partial charge on any atom is -0.486 e. The van der Waals surface area contributed by atoms with Crippen molar-refractivity contribution in [3.8, 4) is 11.8 Å². The second kappa shape index (κ2) is 8.47. The van der Waals surface area contributed by atoms with Crippen molar-refractivity contribution in [3.05, 3.63) is 53.7 Å². The van der Waals surface area contributed by atoms with Crippen LogP contribution < -0.4 is 9.64 Å². The molecule has 1 aromatic carbocycles. The van der Waals surface area contributed by atoms with E-state index >= 15 is 0 Å². The van der Waals surface area contributed by atoms with E-state index in [1.165, 1.54) is 7.11 Å². The van der Waals surface area contributed by atoms with E-state index < -0.39 is 0 Å². The Hall–Kier alpha value is -3.15. The second-order valence-corrected chi connectivity index (χ2v) is 6.89. The minimum atomic E-state index is -0.387. The number of benzene rings is 1. The third-order valence-corrected chi connectivity index (χ3v) is 4.99. The molecule has 2 saturated heterocycles. The van der Waals surface area contributed by atoms with Crippen molar-refractivity contribution >= 4 is 11.8 Å². The van der Waals surface area contributed by atoms with E-state index in [0.29, 0.717) is 49.0 Å². The van der Waals surface area contributed by atoms with E-state index in [-0.39, 0.29) is 24.3 Å². The molecule has 2 atom stereocenters. The summed E-state index contributed by atoms with van der Waals surface area (Å²) in [4.78, 5) is 17.9. The summed E-state index contributed by atoms with van der Waals surface area (Å²) in [7, 11) is 1.35. The number of anilines is 1. The number of hydrogen-bond donors (Lipinski definition) is 0. The molecule has 2 aromatic rings. The van der Waals surface area contributed by atoms with Crippen LogP contribution in [0.25, 0.3) is 0 Å². The number of hydrogen-bond acceptors (Lipinski definition) is 8. The molecule has 2 fully saturated rings. The zero-order valence-corrected chi connectivity index (χ0v) is 16.0. The predicted octanol–water partition coefficient (Wildman–Crippen LogP) is 1.79. The van der Waals surface area contributed by atoms with Crippen LogP contribution in [-0.2, 0) is 14.2 Å². The van der Waals surface area contributed by atoms with Gasteiger partial charge in [0.05, 0.1) is 31.5 Å². The molecule has 8 nitrogen and oxygen atoms in total. The number of nitriles is 1. The van der Waals surface area contributed by atoms with Crippen LogP contribution in [0, 0.1) is 11.3 Å². The Labute approximate surface area is 168 Å². The van der Waals surface area contributed by atoms with Gasteiger partial charge in [-0.25, -0.2) is 9.78 Å². The molecular weight excluding hydrogens is 374 g/mol. The Kier molecular flexibility index (Phi) is 5.60. The standard InChI is InChI=1S/C21H21N3O5/c1-26-21(25)14-4-6-16(7-5-14)29-17-12-27-18-10-24(11-19(18)28-13-17)20-15(9-22)3-2-8-23-20/h2-8,17-19H,10-13H2,1H3/t18-,19-/m0/s1. The normalized spacial score (nSPS) is 21.7. The summed E-state index contributed by atoms with van der Waals surface area (Å²) in [5.74, 6) is 0.909. The number of nitrogens with zero attached hydrogens (tertiary/aromatic N) is 3. The van der Waals surface area contributed by atoms with Crippen LogP contribution in [0.1, 0.15) is 15.9 Å². The lowest BCUT2D eigenvalue weighted by Crippen LogP contribution is -2.30. The van der Waals surface area contributed by atoms with Gasteiger partial charge in [-0.15, -0.1) is 0 Å². The molecule has 0 amide bonds. The lowest BCUT2D eigenvalue weighted by atomic mass is 10.2. The van der Waals surface area contributed by atoms with Crippen molar-refractivity contribution < 1.29 is 23.7 Å². The SMILES string of the molecule is COC(=O)c1ccc(OC2CO[C@H]3CN(c4ncccc4C#N)C[C@@H]3OC2)cc1. The van der Waals surface area contributed by atoms with Crippen LogP contribution in [0.3, 0.4) is 0 Å². The fourth-order valence-corrected chi connectivity index (χ4v) is 3.53. The Morgan fingerprint density at radius 1 is 1.17 bits per heavy atom. The van der Waals surface area contributed by atoms with Crippen molar-refractivity contribution in [2.45, 2.75) is 18.3 Å². The summed E-state index contributed by atoms with van der Waals surface area (Å²) in [5.41, 5.74) is 1.01. The van der Waals surface area contributed by atoms with Gasteiger partial charge < -0.3 is 23.8 Å². The Balaban J connectivity index is 1.35. The highest BCUT2D eigenvalue weighted by molar-refractivity contribution is 5.89. The first-order valence-corrected chi connectivity index (χ1v) is 9.36. The summed E-state index contributed by atoms with van der Waals surface area (Å²) in [5, 5.41) is 9.30. The van der Waals surface area contributed by atoms with Gasteiger partial charge in [-0.05, 0) is 36.4 Å².